The van der Waals surface area contributed by atoms with Gasteiger partial charge in [-0.1, -0.05) is 13.2 Å². The van der Waals surface area contributed by atoms with E-state index >= 15 is 0 Å². The molecule has 0 radical (unpaired) electrons. The summed E-state index contributed by atoms with van der Waals surface area (Å²) in [5, 5.41) is 0. The largest absolute Gasteiger partial charge is 0.294 e. The summed E-state index contributed by atoms with van der Waals surface area (Å²) in [4.78, 5) is 24.5. The van der Waals surface area contributed by atoms with Crippen LogP contribution in [0, 0.1) is 22.7 Å². The Morgan fingerprint density at radius 1 is 0.750 bits per heavy atom. The summed E-state index contributed by atoms with van der Waals surface area (Å²) in [6.45, 7) is 11.4. The lowest BCUT2D eigenvalue weighted by atomic mass is 9.66. The molecule has 2 atom stereocenters. The fraction of sp³-hybridized carbons (Fsp3) is 0.727. The van der Waals surface area contributed by atoms with Crippen molar-refractivity contribution in [1.29, 1.82) is 0 Å². The first-order chi connectivity index (χ1) is 11.3. The Kier molecular flexibility index (Phi) is 4.61. The van der Waals surface area contributed by atoms with Gasteiger partial charge in [0.15, 0.2) is 11.6 Å². The molecule has 0 aromatic carbocycles. The number of hydrogen-bond donors (Lipinski definition) is 0. The van der Waals surface area contributed by atoms with Crippen LogP contribution in [0.1, 0.15) is 78.1 Å². The second-order valence-electron chi connectivity index (χ2n) is 9.18. The SMILES string of the molecule is C=C(C)C(=O)C1CCC2(CC1)CCC1(CCC(C(=O)C(=C)C)C1)C2. The lowest BCUT2D eigenvalue weighted by molar-refractivity contribution is -0.121. The van der Waals surface area contributed by atoms with Gasteiger partial charge < -0.3 is 0 Å². The molecule has 0 aliphatic heterocycles. The van der Waals surface area contributed by atoms with Gasteiger partial charge in [-0.05, 0) is 100 Å². The minimum Gasteiger partial charge on any atom is -0.294 e. The molecule has 132 valence electrons. The van der Waals surface area contributed by atoms with Crippen molar-refractivity contribution in [2.24, 2.45) is 22.7 Å². The summed E-state index contributed by atoms with van der Waals surface area (Å²) in [5.74, 6) is 1.01. The highest BCUT2D eigenvalue weighted by atomic mass is 16.1. The van der Waals surface area contributed by atoms with E-state index in [9.17, 15) is 9.59 Å². The number of hydrogen-bond acceptors (Lipinski definition) is 2. The molecule has 3 fully saturated rings. The Morgan fingerprint density at radius 3 is 1.79 bits per heavy atom. The minimum atomic E-state index is 0.214. The highest BCUT2D eigenvalue weighted by molar-refractivity contribution is 5.96. The molecule has 24 heavy (non-hydrogen) atoms. The number of ketones is 2. The zero-order valence-electron chi connectivity index (χ0n) is 15.5. The zero-order chi connectivity index (χ0) is 17.5. The molecule has 3 saturated carbocycles. The lowest BCUT2D eigenvalue weighted by Crippen LogP contribution is -2.30. The number of rotatable bonds is 4. The maximum atomic E-state index is 12.3. The predicted molar refractivity (Wildman–Crippen MR) is 97.7 cm³/mol. The van der Waals surface area contributed by atoms with Gasteiger partial charge in [0, 0.05) is 11.8 Å². The summed E-state index contributed by atoms with van der Waals surface area (Å²) >= 11 is 0. The summed E-state index contributed by atoms with van der Waals surface area (Å²) in [6.07, 6.45) is 11.7. The fourth-order valence-corrected chi connectivity index (χ4v) is 5.94. The third-order valence-electron chi connectivity index (χ3n) is 7.27. The first-order valence-electron chi connectivity index (χ1n) is 9.65. The predicted octanol–water partition coefficient (Wildman–Crippen LogP) is 5.42. The Bertz CT molecular complexity index is 577. The normalized spacial score (nSPS) is 38.6. The third-order valence-corrected chi connectivity index (χ3v) is 7.27. The van der Waals surface area contributed by atoms with Crippen LogP contribution < -0.4 is 0 Å². The van der Waals surface area contributed by atoms with Gasteiger partial charge in [-0.2, -0.15) is 0 Å². The first kappa shape index (κ1) is 17.6. The second kappa shape index (κ2) is 6.28. The van der Waals surface area contributed by atoms with Crippen LogP contribution in [-0.4, -0.2) is 11.6 Å². The maximum absolute atomic E-state index is 12.3. The molecule has 2 nitrogen and oxygen atoms in total. The minimum absolute atomic E-state index is 0.214. The molecule has 0 bridgehead atoms. The van der Waals surface area contributed by atoms with E-state index in [-0.39, 0.29) is 17.6 Å². The van der Waals surface area contributed by atoms with Crippen LogP contribution in [0.2, 0.25) is 0 Å². The van der Waals surface area contributed by atoms with Gasteiger partial charge in [-0.3, -0.25) is 9.59 Å². The number of carbonyl (C=O) groups excluding carboxylic acids is 2. The van der Waals surface area contributed by atoms with Crippen molar-refractivity contribution in [2.75, 3.05) is 0 Å². The molecule has 0 aromatic rings. The standard InChI is InChI=1S/C22H32O2/c1-15(2)19(23)17-5-8-21(9-6-17)11-12-22(14-21)10-7-18(13-22)20(24)16(3)4/h17-18H,1,3,5-14H2,2,4H3. The molecule has 0 amide bonds. The average Bonchev–Trinajstić information content (AvgIpc) is 3.11. The van der Waals surface area contributed by atoms with E-state index in [1.54, 1.807) is 0 Å². The van der Waals surface area contributed by atoms with Gasteiger partial charge in [-0.15, -0.1) is 0 Å². The highest BCUT2D eigenvalue weighted by Crippen LogP contribution is 2.63. The summed E-state index contributed by atoms with van der Waals surface area (Å²) < 4.78 is 0. The highest BCUT2D eigenvalue weighted by Gasteiger charge is 2.52. The summed E-state index contributed by atoms with van der Waals surface area (Å²) in [5.41, 5.74) is 2.30. The van der Waals surface area contributed by atoms with Crippen LogP contribution in [0.3, 0.4) is 0 Å². The van der Waals surface area contributed by atoms with Gasteiger partial charge in [-0.25, -0.2) is 0 Å². The fourth-order valence-electron chi connectivity index (χ4n) is 5.94. The van der Waals surface area contributed by atoms with Crippen molar-refractivity contribution in [3.63, 3.8) is 0 Å². The van der Waals surface area contributed by atoms with E-state index in [0.29, 0.717) is 16.6 Å². The van der Waals surface area contributed by atoms with Crippen LogP contribution in [0.15, 0.2) is 24.3 Å². The molecule has 3 rings (SSSR count). The quantitative estimate of drug-likeness (QED) is 0.645. The van der Waals surface area contributed by atoms with Crippen molar-refractivity contribution in [2.45, 2.75) is 78.1 Å². The van der Waals surface area contributed by atoms with Crippen LogP contribution in [0.4, 0.5) is 0 Å². The van der Waals surface area contributed by atoms with Gasteiger partial charge in [0.25, 0.3) is 0 Å². The smallest absolute Gasteiger partial charge is 0.161 e. The molecule has 0 heterocycles. The van der Waals surface area contributed by atoms with E-state index < -0.39 is 0 Å². The third kappa shape index (κ3) is 3.17. The van der Waals surface area contributed by atoms with Crippen molar-refractivity contribution in [3.8, 4) is 0 Å². The number of allylic oxidation sites excluding steroid dienone is 2. The van der Waals surface area contributed by atoms with Crippen LogP contribution in [-0.2, 0) is 9.59 Å². The van der Waals surface area contributed by atoms with Gasteiger partial charge in [0.05, 0.1) is 0 Å². The van der Waals surface area contributed by atoms with E-state index in [0.717, 1.165) is 36.8 Å². The van der Waals surface area contributed by atoms with Crippen LogP contribution in [0.25, 0.3) is 0 Å². The topological polar surface area (TPSA) is 34.1 Å². The molecule has 0 N–H and O–H groups in total. The molecule has 3 aliphatic carbocycles. The van der Waals surface area contributed by atoms with Crippen molar-refractivity contribution in [1.82, 2.24) is 0 Å². The monoisotopic (exact) mass is 328 g/mol. The molecule has 2 heteroatoms. The molecule has 0 saturated heterocycles. The molecule has 3 aliphatic rings. The van der Waals surface area contributed by atoms with Crippen LogP contribution in [0.5, 0.6) is 0 Å². The summed E-state index contributed by atoms with van der Waals surface area (Å²) in [6, 6.07) is 0. The molecule has 2 unspecified atom stereocenters. The van der Waals surface area contributed by atoms with E-state index in [1.165, 1.54) is 38.5 Å². The van der Waals surface area contributed by atoms with Gasteiger partial charge >= 0.3 is 0 Å². The Hall–Kier alpha value is -1.18. The maximum Gasteiger partial charge on any atom is 0.161 e. The molecular formula is C22H32O2. The van der Waals surface area contributed by atoms with E-state index in [1.807, 2.05) is 13.8 Å². The average molecular weight is 328 g/mol. The molecule has 0 aromatic heterocycles. The Morgan fingerprint density at radius 2 is 1.21 bits per heavy atom. The Balaban J connectivity index is 1.60. The number of Topliss-reactive ketones (excluding diaryl/α,β-unsaturated/α-hetero) is 2. The van der Waals surface area contributed by atoms with Crippen LogP contribution >= 0.6 is 0 Å². The van der Waals surface area contributed by atoms with Gasteiger partial charge in [0.1, 0.15) is 0 Å². The lowest BCUT2D eigenvalue weighted by Gasteiger charge is -2.38. The number of carbonyl (C=O) groups is 2. The van der Waals surface area contributed by atoms with Crippen molar-refractivity contribution >= 4 is 11.6 Å². The summed E-state index contributed by atoms with van der Waals surface area (Å²) in [7, 11) is 0. The first-order valence-corrected chi connectivity index (χ1v) is 9.65. The molecule has 2 spiro atoms. The van der Waals surface area contributed by atoms with Crippen molar-refractivity contribution in [3.05, 3.63) is 24.3 Å². The van der Waals surface area contributed by atoms with Gasteiger partial charge in [0.2, 0.25) is 0 Å². The zero-order valence-corrected chi connectivity index (χ0v) is 15.5. The van der Waals surface area contributed by atoms with E-state index in [2.05, 4.69) is 13.2 Å². The van der Waals surface area contributed by atoms with E-state index in [4.69, 9.17) is 0 Å². The van der Waals surface area contributed by atoms with Crippen molar-refractivity contribution < 1.29 is 9.59 Å². The second-order valence-corrected chi connectivity index (χ2v) is 9.18. The molecular weight excluding hydrogens is 296 g/mol. The Labute approximate surface area is 146 Å².